The average Bonchev–Trinajstić information content (AvgIpc) is 3.19. The van der Waals surface area contributed by atoms with E-state index < -0.39 is 27.4 Å². The maximum atomic E-state index is 12.3. The Hall–Kier alpha value is -3.80. The van der Waals surface area contributed by atoms with Crippen molar-refractivity contribution in [1.29, 1.82) is 0 Å². The molecule has 0 aliphatic rings. The summed E-state index contributed by atoms with van der Waals surface area (Å²) in [5.41, 5.74) is 0.458. The first-order chi connectivity index (χ1) is 14.2. The number of aromatic nitrogens is 2. The van der Waals surface area contributed by atoms with Crippen LogP contribution in [-0.4, -0.2) is 42.2 Å². The Bertz CT molecular complexity index is 1160. The fraction of sp³-hybridized carbons (Fsp3) is 0.167. The van der Waals surface area contributed by atoms with Crippen molar-refractivity contribution in [2.45, 2.75) is 6.54 Å². The van der Waals surface area contributed by atoms with Gasteiger partial charge in [-0.25, -0.2) is 8.42 Å². The number of benzene rings is 2. The number of hydrogen-bond donors (Lipinski definition) is 1. The van der Waals surface area contributed by atoms with Gasteiger partial charge in [-0.15, -0.1) is 0 Å². The fourth-order valence-electron chi connectivity index (χ4n) is 2.55. The third-order valence-corrected chi connectivity index (χ3v) is 5.09. The smallest absolute Gasteiger partial charge is 0.271 e. The molecule has 1 amide bonds. The molecule has 0 spiro atoms. The van der Waals surface area contributed by atoms with Crippen LogP contribution in [0.3, 0.4) is 0 Å². The van der Waals surface area contributed by atoms with Gasteiger partial charge in [-0.1, -0.05) is 41.6 Å². The molecule has 30 heavy (non-hydrogen) atoms. The van der Waals surface area contributed by atoms with E-state index in [2.05, 4.69) is 15.5 Å². The van der Waals surface area contributed by atoms with Crippen LogP contribution in [0.5, 0.6) is 0 Å². The number of nitrogens with zero attached hydrogens (tertiary/aromatic N) is 4. The Morgan fingerprint density at radius 2 is 1.93 bits per heavy atom. The zero-order valence-electron chi connectivity index (χ0n) is 15.8. The normalized spacial score (nSPS) is 11.1. The maximum absolute atomic E-state index is 12.3. The molecule has 1 heterocycles. The van der Waals surface area contributed by atoms with Crippen LogP contribution in [0.25, 0.3) is 11.4 Å². The number of carbonyl (C=O) groups excluding carboxylic acids is 1. The quantitative estimate of drug-likeness (QED) is 0.419. The largest absolute Gasteiger partial charge is 0.345 e. The van der Waals surface area contributed by atoms with Crippen LogP contribution in [0.4, 0.5) is 11.4 Å². The molecule has 0 fully saturated rings. The van der Waals surface area contributed by atoms with E-state index in [9.17, 15) is 23.3 Å². The molecule has 1 N–H and O–H groups in total. The number of nitro benzene ring substituents is 1. The van der Waals surface area contributed by atoms with E-state index in [1.165, 1.54) is 18.2 Å². The molecule has 0 unspecified atom stereocenters. The molecule has 0 bridgehead atoms. The lowest BCUT2D eigenvalue weighted by atomic mass is 10.2. The highest BCUT2D eigenvalue weighted by atomic mass is 32.2. The van der Waals surface area contributed by atoms with Crippen LogP contribution in [-0.2, 0) is 21.4 Å². The second-order valence-corrected chi connectivity index (χ2v) is 8.11. The van der Waals surface area contributed by atoms with E-state index in [-0.39, 0.29) is 23.8 Å². The summed E-state index contributed by atoms with van der Waals surface area (Å²) in [6.07, 6.45) is 0.906. The Morgan fingerprint density at radius 3 is 2.60 bits per heavy atom. The van der Waals surface area contributed by atoms with Gasteiger partial charge in [0.2, 0.25) is 27.6 Å². The van der Waals surface area contributed by atoms with Crippen molar-refractivity contribution in [3.63, 3.8) is 0 Å². The van der Waals surface area contributed by atoms with E-state index in [0.29, 0.717) is 5.82 Å². The van der Waals surface area contributed by atoms with E-state index in [1.807, 2.05) is 18.2 Å². The topological polar surface area (TPSA) is 149 Å². The van der Waals surface area contributed by atoms with Crippen molar-refractivity contribution in [2.75, 3.05) is 17.1 Å². The monoisotopic (exact) mass is 431 g/mol. The number of rotatable bonds is 8. The summed E-state index contributed by atoms with van der Waals surface area (Å²) in [6, 6.07) is 14.1. The highest BCUT2D eigenvalue weighted by molar-refractivity contribution is 7.92. The van der Waals surface area contributed by atoms with E-state index >= 15 is 0 Å². The molecule has 0 saturated heterocycles. The van der Waals surface area contributed by atoms with Crippen LogP contribution >= 0.6 is 0 Å². The van der Waals surface area contributed by atoms with Crippen LogP contribution in [0.15, 0.2) is 59.1 Å². The molecule has 1 aromatic heterocycles. The molecule has 11 nitrogen and oxygen atoms in total. The summed E-state index contributed by atoms with van der Waals surface area (Å²) >= 11 is 0. The summed E-state index contributed by atoms with van der Waals surface area (Å²) in [7, 11) is -3.87. The molecule has 0 atom stereocenters. The van der Waals surface area contributed by atoms with Gasteiger partial charge in [-0.05, 0) is 6.07 Å². The number of sulfonamides is 1. The highest BCUT2D eigenvalue weighted by Crippen LogP contribution is 2.23. The Labute approximate surface area is 171 Å². The molecule has 3 aromatic rings. The number of amides is 1. The number of anilines is 1. The molecule has 0 aliphatic carbocycles. The summed E-state index contributed by atoms with van der Waals surface area (Å²) < 4.78 is 30.1. The van der Waals surface area contributed by atoms with Crippen molar-refractivity contribution >= 4 is 27.3 Å². The lowest BCUT2D eigenvalue weighted by molar-refractivity contribution is -0.384. The third-order valence-electron chi connectivity index (χ3n) is 3.95. The molecule has 12 heteroatoms. The van der Waals surface area contributed by atoms with Gasteiger partial charge in [0.15, 0.2) is 0 Å². The van der Waals surface area contributed by atoms with Crippen LogP contribution in [0.1, 0.15) is 5.89 Å². The molecule has 0 radical (unpaired) electrons. The van der Waals surface area contributed by atoms with Crippen molar-refractivity contribution in [1.82, 2.24) is 15.5 Å². The van der Waals surface area contributed by atoms with Gasteiger partial charge < -0.3 is 9.84 Å². The zero-order valence-corrected chi connectivity index (χ0v) is 16.6. The zero-order chi connectivity index (χ0) is 21.7. The number of non-ortho nitro benzene ring substituents is 1. The lowest BCUT2D eigenvalue weighted by Gasteiger charge is -2.21. The van der Waals surface area contributed by atoms with Crippen LogP contribution in [0, 0.1) is 10.1 Å². The lowest BCUT2D eigenvalue weighted by Crippen LogP contribution is -2.40. The molecule has 0 aliphatic heterocycles. The predicted molar refractivity (Wildman–Crippen MR) is 107 cm³/mol. The first-order valence-electron chi connectivity index (χ1n) is 8.61. The average molecular weight is 431 g/mol. The number of carbonyl (C=O) groups is 1. The van der Waals surface area contributed by atoms with Gasteiger partial charge in [0.1, 0.15) is 6.54 Å². The summed E-state index contributed by atoms with van der Waals surface area (Å²) in [5.74, 6) is -0.149. The predicted octanol–water partition coefficient (Wildman–Crippen LogP) is 1.73. The van der Waals surface area contributed by atoms with Crippen LogP contribution < -0.4 is 9.62 Å². The van der Waals surface area contributed by atoms with Crippen LogP contribution in [0.2, 0.25) is 0 Å². The third kappa shape index (κ3) is 5.17. The summed E-state index contributed by atoms with van der Waals surface area (Å²) in [4.78, 5) is 26.8. The molecular formula is C18H17N5O6S. The minimum atomic E-state index is -3.87. The highest BCUT2D eigenvalue weighted by Gasteiger charge is 2.23. The minimum Gasteiger partial charge on any atom is -0.345 e. The first kappa shape index (κ1) is 20.9. The van der Waals surface area contributed by atoms with Gasteiger partial charge in [0, 0.05) is 17.7 Å². The maximum Gasteiger partial charge on any atom is 0.271 e. The van der Waals surface area contributed by atoms with Gasteiger partial charge in [0.25, 0.3) is 5.69 Å². The van der Waals surface area contributed by atoms with Gasteiger partial charge >= 0.3 is 0 Å². The number of nitro groups is 1. The SMILES string of the molecule is CS(=O)(=O)N(CC(=O)NCc1nc(-c2ccccc2)no1)c1cccc([N+](=O)[O-])c1. The molecule has 2 aromatic carbocycles. The second-order valence-electron chi connectivity index (χ2n) is 6.20. The fourth-order valence-corrected chi connectivity index (χ4v) is 3.40. The van der Waals surface area contributed by atoms with E-state index in [0.717, 1.165) is 22.2 Å². The number of nitrogens with one attached hydrogen (secondary N) is 1. The minimum absolute atomic E-state index is 0.00556. The number of hydrogen-bond acceptors (Lipinski definition) is 8. The molecule has 0 saturated carbocycles. The van der Waals surface area contributed by atoms with Crippen molar-refractivity contribution in [3.05, 3.63) is 70.6 Å². The summed E-state index contributed by atoms with van der Waals surface area (Å²) in [5, 5.41) is 17.3. The Morgan fingerprint density at radius 1 is 1.20 bits per heavy atom. The summed E-state index contributed by atoms with van der Waals surface area (Å²) in [6.45, 7) is -0.676. The van der Waals surface area contributed by atoms with E-state index in [4.69, 9.17) is 4.52 Å². The second kappa shape index (κ2) is 8.69. The van der Waals surface area contributed by atoms with Gasteiger partial charge in [-0.2, -0.15) is 4.98 Å². The van der Waals surface area contributed by atoms with Gasteiger partial charge in [-0.3, -0.25) is 19.2 Å². The Balaban J connectivity index is 1.68. The van der Waals surface area contributed by atoms with E-state index in [1.54, 1.807) is 12.1 Å². The molecular weight excluding hydrogens is 414 g/mol. The van der Waals surface area contributed by atoms with Crippen molar-refractivity contribution < 1.29 is 22.7 Å². The van der Waals surface area contributed by atoms with Crippen molar-refractivity contribution in [2.24, 2.45) is 0 Å². The standard InChI is InChI=1S/C18H17N5O6S/c1-30(27,28)22(14-8-5-9-15(10-14)23(25)26)12-16(24)19-11-17-20-18(21-29-17)13-6-3-2-4-7-13/h2-10H,11-12H2,1H3,(H,19,24). The van der Waals surface area contributed by atoms with Gasteiger partial charge in [0.05, 0.1) is 23.4 Å². The molecule has 156 valence electrons. The Kier molecular flexibility index (Phi) is 6.06. The molecule has 3 rings (SSSR count). The van der Waals surface area contributed by atoms with Crippen molar-refractivity contribution in [3.8, 4) is 11.4 Å². The first-order valence-corrected chi connectivity index (χ1v) is 10.5.